The fourth-order valence-electron chi connectivity index (χ4n) is 2.16. The Labute approximate surface area is 112 Å². The number of hydrogen-bond donors (Lipinski definition) is 2. The first-order chi connectivity index (χ1) is 9.02. The van der Waals surface area contributed by atoms with Crippen molar-refractivity contribution in [3.63, 3.8) is 0 Å². The Morgan fingerprint density at radius 2 is 2.21 bits per heavy atom. The van der Waals surface area contributed by atoms with Crippen LogP contribution < -0.4 is 5.32 Å². The molecule has 2 heterocycles. The number of nitrogens with one attached hydrogen (secondary N) is 1. The monoisotopic (exact) mass is 263 g/mol. The molecule has 104 valence electrons. The molecule has 2 aromatic rings. The molecule has 0 aliphatic rings. The molecule has 0 aliphatic carbocycles. The fraction of sp³-hybridized carbons (Fsp3) is 0.615. The third-order valence-electron chi connectivity index (χ3n) is 3.25. The normalized spacial score (nSPS) is 13.9. The van der Waals surface area contributed by atoms with Crippen LogP contribution in [0.15, 0.2) is 18.3 Å². The number of tetrazole rings is 1. The Kier molecular flexibility index (Phi) is 4.11. The standard InChI is InChI=1S/C13H21N5O/c1-4-7-13(2,3)14-8-11(19)10-5-6-12-15-16-17-18(12)9-10/h5-6,9,11,14,19H,4,7-8H2,1-3H3/t11-/m0/s1. The summed E-state index contributed by atoms with van der Waals surface area (Å²) in [5.41, 5.74) is 1.52. The highest BCUT2D eigenvalue weighted by atomic mass is 16.3. The van der Waals surface area contributed by atoms with E-state index in [9.17, 15) is 5.11 Å². The topological polar surface area (TPSA) is 75.3 Å². The number of pyridine rings is 1. The molecule has 0 aliphatic heterocycles. The van der Waals surface area contributed by atoms with Crippen LogP contribution in [0.1, 0.15) is 45.3 Å². The largest absolute Gasteiger partial charge is 0.387 e. The van der Waals surface area contributed by atoms with Gasteiger partial charge < -0.3 is 10.4 Å². The minimum absolute atomic E-state index is 0.0364. The van der Waals surface area contributed by atoms with Crippen molar-refractivity contribution in [2.75, 3.05) is 6.54 Å². The molecule has 0 spiro atoms. The third kappa shape index (κ3) is 3.48. The molecule has 0 saturated heterocycles. The van der Waals surface area contributed by atoms with Crippen molar-refractivity contribution in [3.8, 4) is 0 Å². The first-order valence-corrected chi connectivity index (χ1v) is 6.62. The van der Waals surface area contributed by atoms with Crippen molar-refractivity contribution in [1.82, 2.24) is 25.4 Å². The highest BCUT2D eigenvalue weighted by molar-refractivity contribution is 5.36. The van der Waals surface area contributed by atoms with E-state index in [1.807, 2.05) is 6.07 Å². The summed E-state index contributed by atoms with van der Waals surface area (Å²) in [6, 6.07) is 3.65. The van der Waals surface area contributed by atoms with Gasteiger partial charge in [0.25, 0.3) is 0 Å². The molecule has 6 nitrogen and oxygen atoms in total. The second-order valence-corrected chi connectivity index (χ2v) is 5.47. The van der Waals surface area contributed by atoms with E-state index in [2.05, 4.69) is 41.6 Å². The zero-order chi connectivity index (χ0) is 13.9. The number of aliphatic hydroxyl groups excluding tert-OH is 1. The van der Waals surface area contributed by atoms with Gasteiger partial charge in [-0.25, -0.2) is 4.52 Å². The molecule has 2 rings (SSSR count). The van der Waals surface area contributed by atoms with Gasteiger partial charge in [0.05, 0.1) is 6.10 Å². The molecular formula is C13H21N5O. The van der Waals surface area contributed by atoms with Crippen LogP contribution in [0, 0.1) is 0 Å². The van der Waals surface area contributed by atoms with E-state index < -0.39 is 6.10 Å². The molecular weight excluding hydrogens is 242 g/mol. The summed E-state index contributed by atoms with van der Waals surface area (Å²) in [4.78, 5) is 0. The van der Waals surface area contributed by atoms with Gasteiger partial charge in [0, 0.05) is 23.8 Å². The van der Waals surface area contributed by atoms with Gasteiger partial charge in [-0.15, -0.1) is 5.10 Å². The maximum Gasteiger partial charge on any atom is 0.179 e. The Bertz CT molecular complexity index is 537. The van der Waals surface area contributed by atoms with Gasteiger partial charge in [0.15, 0.2) is 5.65 Å². The molecule has 0 radical (unpaired) electrons. The molecule has 6 heteroatoms. The van der Waals surface area contributed by atoms with Gasteiger partial charge in [0.2, 0.25) is 0 Å². The molecule has 0 unspecified atom stereocenters. The van der Waals surface area contributed by atoms with Crippen LogP contribution in [0.5, 0.6) is 0 Å². The number of aliphatic hydroxyl groups is 1. The number of fused-ring (bicyclic) bond motifs is 1. The van der Waals surface area contributed by atoms with Gasteiger partial charge in [-0.05, 0) is 36.8 Å². The Morgan fingerprint density at radius 1 is 1.42 bits per heavy atom. The summed E-state index contributed by atoms with van der Waals surface area (Å²) < 4.78 is 1.57. The van der Waals surface area contributed by atoms with Gasteiger partial charge >= 0.3 is 0 Å². The van der Waals surface area contributed by atoms with Crippen molar-refractivity contribution in [2.24, 2.45) is 0 Å². The van der Waals surface area contributed by atoms with Crippen molar-refractivity contribution >= 4 is 5.65 Å². The quantitative estimate of drug-likeness (QED) is 0.822. The van der Waals surface area contributed by atoms with Crippen LogP contribution >= 0.6 is 0 Å². The lowest BCUT2D eigenvalue weighted by atomic mass is 9.98. The smallest absolute Gasteiger partial charge is 0.179 e. The average molecular weight is 263 g/mol. The van der Waals surface area contributed by atoms with Gasteiger partial charge in [-0.1, -0.05) is 19.4 Å². The molecule has 19 heavy (non-hydrogen) atoms. The van der Waals surface area contributed by atoms with Crippen LogP contribution in [-0.4, -0.2) is 37.2 Å². The van der Waals surface area contributed by atoms with E-state index in [-0.39, 0.29) is 5.54 Å². The van der Waals surface area contributed by atoms with Crippen molar-refractivity contribution in [1.29, 1.82) is 0 Å². The SMILES string of the molecule is CCCC(C)(C)NC[C@H](O)c1ccc2nnnn2c1. The van der Waals surface area contributed by atoms with Gasteiger partial charge in [0.1, 0.15) is 0 Å². The third-order valence-corrected chi connectivity index (χ3v) is 3.25. The summed E-state index contributed by atoms with van der Waals surface area (Å²) in [7, 11) is 0. The summed E-state index contributed by atoms with van der Waals surface area (Å²) in [6.07, 6.45) is 3.39. The molecule has 2 aromatic heterocycles. The molecule has 1 atom stereocenters. The predicted octanol–water partition coefficient (Wildman–Crippen LogP) is 1.33. The van der Waals surface area contributed by atoms with E-state index in [0.29, 0.717) is 12.2 Å². The number of rotatable bonds is 6. The Morgan fingerprint density at radius 3 is 2.95 bits per heavy atom. The molecule has 0 aromatic carbocycles. The maximum absolute atomic E-state index is 10.2. The van der Waals surface area contributed by atoms with E-state index in [0.717, 1.165) is 18.4 Å². The Balaban J connectivity index is 2.01. The van der Waals surface area contributed by atoms with E-state index >= 15 is 0 Å². The molecule has 0 amide bonds. The van der Waals surface area contributed by atoms with E-state index in [4.69, 9.17) is 0 Å². The van der Waals surface area contributed by atoms with Crippen molar-refractivity contribution < 1.29 is 5.11 Å². The van der Waals surface area contributed by atoms with Gasteiger partial charge in [-0.3, -0.25) is 0 Å². The predicted molar refractivity (Wildman–Crippen MR) is 72.7 cm³/mol. The molecule has 0 saturated carbocycles. The van der Waals surface area contributed by atoms with Crippen molar-refractivity contribution in [2.45, 2.75) is 45.3 Å². The average Bonchev–Trinajstić information content (AvgIpc) is 2.83. The second kappa shape index (κ2) is 5.63. The van der Waals surface area contributed by atoms with Crippen LogP contribution in [0.4, 0.5) is 0 Å². The number of nitrogens with zero attached hydrogens (tertiary/aromatic N) is 4. The fourth-order valence-corrected chi connectivity index (χ4v) is 2.16. The lowest BCUT2D eigenvalue weighted by Gasteiger charge is -2.27. The highest BCUT2D eigenvalue weighted by Gasteiger charge is 2.18. The zero-order valence-corrected chi connectivity index (χ0v) is 11.7. The first kappa shape index (κ1) is 13.9. The van der Waals surface area contributed by atoms with Gasteiger partial charge in [-0.2, -0.15) is 0 Å². The maximum atomic E-state index is 10.2. The Hall–Kier alpha value is -1.53. The molecule has 0 bridgehead atoms. The van der Waals surface area contributed by atoms with Crippen molar-refractivity contribution in [3.05, 3.63) is 23.9 Å². The second-order valence-electron chi connectivity index (χ2n) is 5.47. The molecule has 2 N–H and O–H groups in total. The number of hydrogen-bond acceptors (Lipinski definition) is 5. The molecule has 0 fully saturated rings. The summed E-state index contributed by atoms with van der Waals surface area (Å²) in [5.74, 6) is 0. The lowest BCUT2D eigenvalue weighted by molar-refractivity contribution is 0.158. The van der Waals surface area contributed by atoms with E-state index in [1.165, 1.54) is 0 Å². The van der Waals surface area contributed by atoms with Crippen LogP contribution in [0.3, 0.4) is 0 Å². The number of β-amino-alcohol motifs (C(OH)–C–C–N with tert-alkyl or cyclic N) is 1. The van der Waals surface area contributed by atoms with Crippen LogP contribution in [-0.2, 0) is 0 Å². The summed E-state index contributed by atoms with van der Waals surface area (Å²) >= 11 is 0. The minimum atomic E-state index is -0.565. The first-order valence-electron chi connectivity index (χ1n) is 6.62. The van der Waals surface area contributed by atoms with Crippen LogP contribution in [0.2, 0.25) is 0 Å². The number of aromatic nitrogens is 4. The van der Waals surface area contributed by atoms with Crippen LogP contribution in [0.25, 0.3) is 5.65 Å². The van der Waals surface area contributed by atoms with E-state index in [1.54, 1.807) is 16.8 Å². The minimum Gasteiger partial charge on any atom is -0.387 e. The zero-order valence-electron chi connectivity index (χ0n) is 11.7. The lowest BCUT2D eigenvalue weighted by Crippen LogP contribution is -2.41. The summed E-state index contributed by atoms with van der Waals surface area (Å²) in [6.45, 7) is 6.97. The highest BCUT2D eigenvalue weighted by Crippen LogP contribution is 2.15. The summed E-state index contributed by atoms with van der Waals surface area (Å²) in [5, 5.41) is 24.8.